The smallest absolute Gasteiger partial charge is 0.306 e. The molecule has 192 valence electrons. The van der Waals surface area contributed by atoms with Gasteiger partial charge in [0, 0.05) is 6.42 Å². The van der Waals surface area contributed by atoms with E-state index in [-0.39, 0.29) is 29.0 Å². The molecule has 5 rings (SSSR count). The molecule has 2 aromatic carbocycles. The van der Waals surface area contributed by atoms with Crippen molar-refractivity contribution >= 4 is 17.0 Å². The number of rotatable bonds is 10. The number of carboxylic acid groups (broad SMARTS) is 1. The molecule has 0 bridgehead atoms. The lowest BCUT2D eigenvalue weighted by molar-refractivity contribution is -0.139. The van der Waals surface area contributed by atoms with Gasteiger partial charge in [0.25, 0.3) is 0 Å². The fourth-order valence-electron chi connectivity index (χ4n) is 7.09. The second kappa shape index (κ2) is 9.97. The van der Waals surface area contributed by atoms with E-state index >= 15 is 0 Å². The van der Waals surface area contributed by atoms with Crippen LogP contribution in [0.3, 0.4) is 0 Å². The maximum atomic E-state index is 14.0. The average Bonchev–Trinajstić information content (AvgIpc) is 3.56. The number of carbonyl (C=O) groups is 1. The number of carboxylic acids is 1. The van der Waals surface area contributed by atoms with Gasteiger partial charge in [0.1, 0.15) is 11.6 Å². The Hall–Kier alpha value is -2.73. The van der Waals surface area contributed by atoms with Gasteiger partial charge in [-0.15, -0.1) is 0 Å². The first-order valence-electron chi connectivity index (χ1n) is 13.4. The van der Waals surface area contributed by atoms with Crippen LogP contribution in [0.1, 0.15) is 62.4 Å². The lowest BCUT2D eigenvalue weighted by Gasteiger charge is -2.49. The van der Waals surface area contributed by atoms with E-state index in [1.54, 1.807) is 12.1 Å². The minimum absolute atomic E-state index is 0.0605. The third kappa shape index (κ3) is 4.80. The number of halogens is 1. The fourth-order valence-corrected chi connectivity index (χ4v) is 7.09. The molecule has 0 aliphatic heterocycles. The number of imidazole rings is 1. The minimum Gasteiger partial charge on any atom is -0.481 e. The number of nitrogens with zero attached hydrogens (tertiary/aromatic N) is 2. The summed E-state index contributed by atoms with van der Waals surface area (Å²) in [4.78, 5) is 22.4. The molecule has 2 unspecified atom stereocenters. The molecule has 1 fully saturated rings. The van der Waals surface area contributed by atoms with E-state index in [4.69, 9.17) is 4.98 Å². The van der Waals surface area contributed by atoms with Crippen LogP contribution in [0.15, 0.2) is 42.5 Å². The van der Waals surface area contributed by atoms with E-state index in [0.717, 1.165) is 74.0 Å². The first-order chi connectivity index (χ1) is 17.3. The first kappa shape index (κ1) is 24.9. The van der Waals surface area contributed by atoms with Crippen molar-refractivity contribution in [3.63, 3.8) is 0 Å². The highest BCUT2D eigenvalue weighted by atomic mass is 19.1. The van der Waals surface area contributed by atoms with Gasteiger partial charge in [0.05, 0.1) is 17.0 Å². The number of aliphatic carboxylic acids is 1. The summed E-state index contributed by atoms with van der Waals surface area (Å²) in [6.07, 6.45) is 5.43. The maximum absolute atomic E-state index is 14.0. The van der Waals surface area contributed by atoms with Crippen molar-refractivity contribution in [2.75, 3.05) is 20.1 Å². The number of hydrogen-bond acceptors (Lipinski definition) is 3. The number of fused-ring (bicyclic) bond motifs is 2. The van der Waals surface area contributed by atoms with Crippen LogP contribution in [0, 0.1) is 29.0 Å². The van der Waals surface area contributed by atoms with Gasteiger partial charge in [-0.1, -0.05) is 32.0 Å². The van der Waals surface area contributed by atoms with Crippen LogP contribution < -0.4 is 0 Å². The lowest BCUT2D eigenvalue weighted by Crippen LogP contribution is -2.42. The zero-order chi connectivity index (χ0) is 25.4. The third-order valence-corrected chi connectivity index (χ3v) is 8.78. The summed E-state index contributed by atoms with van der Waals surface area (Å²) < 4.78 is 14.0. The van der Waals surface area contributed by atoms with Crippen LogP contribution in [-0.2, 0) is 17.6 Å². The number of nitrogens with one attached hydrogen (secondary N) is 1. The van der Waals surface area contributed by atoms with E-state index in [1.807, 2.05) is 24.3 Å². The molecular weight excluding hydrogens is 453 g/mol. The molecule has 1 heterocycles. The molecular formula is C30H38FN3O2. The summed E-state index contributed by atoms with van der Waals surface area (Å²) >= 11 is 0. The molecule has 4 atom stereocenters. The molecule has 2 aliphatic rings. The number of aromatic nitrogens is 2. The summed E-state index contributed by atoms with van der Waals surface area (Å²) in [7, 11) is 2.17. The Bertz CT molecular complexity index is 1200. The Labute approximate surface area is 213 Å². The van der Waals surface area contributed by atoms with Crippen LogP contribution in [0.4, 0.5) is 4.39 Å². The Morgan fingerprint density at radius 1 is 1.25 bits per heavy atom. The number of aryl methyl sites for hydroxylation is 2. The fraction of sp³-hybridized carbons (Fsp3) is 0.533. The van der Waals surface area contributed by atoms with Crippen LogP contribution in [0.5, 0.6) is 0 Å². The van der Waals surface area contributed by atoms with Crippen molar-refractivity contribution in [2.24, 2.45) is 23.2 Å². The van der Waals surface area contributed by atoms with Gasteiger partial charge in [-0.2, -0.15) is 0 Å². The van der Waals surface area contributed by atoms with Crippen LogP contribution in [0.2, 0.25) is 0 Å². The Morgan fingerprint density at radius 2 is 2.06 bits per heavy atom. The van der Waals surface area contributed by atoms with E-state index in [2.05, 4.69) is 36.8 Å². The minimum atomic E-state index is -0.661. The number of para-hydroxylation sites is 2. The van der Waals surface area contributed by atoms with Gasteiger partial charge in [-0.3, -0.25) is 4.79 Å². The average molecular weight is 492 g/mol. The van der Waals surface area contributed by atoms with Gasteiger partial charge >= 0.3 is 5.97 Å². The zero-order valence-electron chi connectivity index (χ0n) is 21.6. The van der Waals surface area contributed by atoms with Crippen LogP contribution in [-0.4, -0.2) is 46.1 Å². The Morgan fingerprint density at radius 3 is 2.78 bits per heavy atom. The SMILES string of the molecule is CC(C)C1c2ccc(F)cc2CCC1(CCN(C)CCCc1nc2ccccc2[nH]1)[C@H]1C[C@@H]1C(=O)O. The van der Waals surface area contributed by atoms with E-state index < -0.39 is 5.97 Å². The highest BCUT2D eigenvalue weighted by molar-refractivity contribution is 5.75. The van der Waals surface area contributed by atoms with Crippen LogP contribution in [0.25, 0.3) is 11.0 Å². The summed E-state index contributed by atoms with van der Waals surface area (Å²) in [6, 6.07) is 13.4. The number of benzene rings is 2. The molecule has 0 amide bonds. The van der Waals surface area contributed by atoms with Crippen molar-refractivity contribution in [3.8, 4) is 0 Å². The standard InChI is InChI=1S/C30H38FN3O2/c1-19(2)28-22-11-10-21(31)17-20(22)12-13-30(28,24-18-23(24)29(35)36)14-16-34(3)15-6-9-27-32-25-7-4-5-8-26(25)33-27/h4-5,7-8,10-11,17,19,23-24,28H,6,9,12-16,18H2,1-3H3,(H,32,33)(H,35,36)/t23-,24-,28?,30?/m0/s1. The van der Waals surface area contributed by atoms with Crippen LogP contribution >= 0.6 is 0 Å². The Kier molecular flexibility index (Phi) is 6.90. The van der Waals surface area contributed by atoms with E-state index in [9.17, 15) is 14.3 Å². The molecule has 2 N–H and O–H groups in total. The molecule has 5 nitrogen and oxygen atoms in total. The van der Waals surface area contributed by atoms with E-state index in [0.29, 0.717) is 5.92 Å². The number of aromatic amines is 1. The highest BCUT2D eigenvalue weighted by Gasteiger charge is 2.60. The molecule has 0 saturated heterocycles. The summed E-state index contributed by atoms with van der Waals surface area (Å²) in [5.74, 6) is 0.757. The molecule has 3 aromatic rings. The van der Waals surface area contributed by atoms with Gasteiger partial charge < -0.3 is 15.0 Å². The van der Waals surface area contributed by atoms with Crippen molar-refractivity contribution < 1.29 is 14.3 Å². The van der Waals surface area contributed by atoms with Crippen molar-refractivity contribution in [2.45, 2.75) is 58.3 Å². The molecule has 1 aromatic heterocycles. The Balaban J connectivity index is 1.28. The van der Waals surface area contributed by atoms with E-state index in [1.165, 1.54) is 5.56 Å². The summed E-state index contributed by atoms with van der Waals surface area (Å²) in [5, 5.41) is 9.81. The second-order valence-electron chi connectivity index (χ2n) is 11.4. The first-order valence-corrected chi connectivity index (χ1v) is 13.4. The zero-order valence-corrected chi connectivity index (χ0v) is 21.6. The van der Waals surface area contributed by atoms with Gasteiger partial charge in [-0.25, -0.2) is 9.37 Å². The molecule has 36 heavy (non-hydrogen) atoms. The monoisotopic (exact) mass is 491 g/mol. The third-order valence-electron chi connectivity index (χ3n) is 8.78. The molecule has 2 aliphatic carbocycles. The van der Waals surface area contributed by atoms with Gasteiger partial charge in [-0.05, 0) is 111 Å². The van der Waals surface area contributed by atoms with Gasteiger partial charge in [0.15, 0.2) is 0 Å². The highest BCUT2D eigenvalue weighted by Crippen LogP contribution is 2.64. The normalized spacial score (nSPS) is 25.4. The maximum Gasteiger partial charge on any atom is 0.306 e. The molecule has 1 saturated carbocycles. The lowest BCUT2D eigenvalue weighted by atomic mass is 9.56. The number of H-pyrrole nitrogens is 1. The predicted octanol–water partition coefficient (Wildman–Crippen LogP) is 6.05. The predicted molar refractivity (Wildman–Crippen MR) is 140 cm³/mol. The van der Waals surface area contributed by atoms with Crippen molar-refractivity contribution in [1.82, 2.24) is 14.9 Å². The van der Waals surface area contributed by atoms with Crippen molar-refractivity contribution in [1.29, 1.82) is 0 Å². The molecule has 0 radical (unpaired) electrons. The topological polar surface area (TPSA) is 69.2 Å². The molecule has 0 spiro atoms. The second-order valence-corrected chi connectivity index (χ2v) is 11.4. The van der Waals surface area contributed by atoms with Crippen molar-refractivity contribution in [3.05, 3.63) is 65.2 Å². The summed E-state index contributed by atoms with van der Waals surface area (Å²) in [6.45, 7) is 6.39. The molecule has 6 heteroatoms. The summed E-state index contributed by atoms with van der Waals surface area (Å²) in [5.41, 5.74) is 4.38. The number of hydrogen-bond donors (Lipinski definition) is 2. The van der Waals surface area contributed by atoms with Gasteiger partial charge in [0.2, 0.25) is 0 Å². The largest absolute Gasteiger partial charge is 0.481 e. The quantitative estimate of drug-likeness (QED) is 0.362.